The fourth-order valence-electron chi connectivity index (χ4n) is 3.44. The van der Waals surface area contributed by atoms with E-state index in [1.807, 2.05) is 50.2 Å². The molecule has 0 spiro atoms. The van der Waals surface area contributed by atoms with Crippen molar-refractivity contribution in [2.45, 2.75) is 13.8 Å². The molecular weight excluding hydrogens is 476 g/mol. The van der Waals surface area contributed by atoms with Crippen LogP contribution in [0, 0.1) is 24.0 Å². The molecule has 0 aliphatic carbocycles. The van der Waals surface area contributed by atoms with Gasteiger partial charge in [0, 0.05) is 23.5 Å². The molecule has 2 heterocycles. The molecule has 0 unspecified atom stereocenters. The molecule has 1 aromatic heterocycles. The molecule has 0 atom stereocenters. The number of fused-ring (bicyclic) bond motifs is 1. The molecule has 12 nitrogen and oxygen atoms in total. The molecule has 186 valence electrons. The fourth-order valence-corrected chi connectivity index (χ4v) is 3.44. The van der Waals surface area contributed by atoms with Crippen molar-refractivity contribution >= 4 is 41.1 Å². The van der Waals surface area contributed by atoms with Gasteiger partial charge in [0.2, 0.25) is 24.6 Å². The number of non-ortho nitro benzene ring substituents is 1. The Labute approximate surface area is 211 Å². The van der Waals surface area contributed by atoms with Crippen LogP contribution < -0.4 is 25.5 Å². The maximum Gasteiger partial charge on any atom is 0.269 e. The minimum atomic E-state index is -0.460. The van der Waals surface area contributed by atoms with Crippen molar-refractivity contribution in [2.75, 3.05) is 22.9 Å². The summed E-state index contributed by atoms with van der Waals surface area (Å²) >= 11 is 0. The molecule has 1 aliphatic rings. The smallest absolute Gasteiger partial charge is 0.269 e. The van der Waals surface area contributed by atoms with Crippen molar-refractivity contribution < 1.29 is 14.4 Å². The third-order valence-electron chi connectivity index (χ3n) is 5.51. The summed E-state index contributed by atoms with van der Waals surface area (Å²) in [4.78, 5) is 23.7. The van der Waals surface area contributed by atoms with Crippen LogP contribution in [0.5, 0.6) is 11.5 Å². The third-order valence-corrected chi connectivity index (χ3v) is 5.51. The van der Waals surface area contributed by atoms with Gasteiger partial charge in [-0.2, -0.15) is 20.1 Å². The second-order valence-corrected chi connectivity index (χ2v) is 8.14. The highest BCUT2D eigenvalue weighted by Crippen LogP contribution is 2.32. The molecule has 3 aromatic carbocycles. The van der Waals surface area contributed by atoms with E-state index in [4.69, 9.17) is 9.47 Å². The zero-order chi connectivity index (χ0) is 25.8. The van der Waals surface area contributed by atoms with Gasteiger partial charge in [0.1, 0.15) is 0 Å². The molecule has 5 rings (SSSR count). The lowest BCUT2D eigenvalue weighted by Crippen LogP contribution is -2.07. The second kappa shape index (κ2) is 10.2. The molecular formula is C25H22N8O4. The highest BCUT2D eigenvalue weighted by molar-refractivity contribution is 5.81. The number of nitro benzene ring substituents is 1. The van der Waals surface area contributed by atoms with E-state index in [9.17, 15) is 10.1 Å². The van der Waals surface area contributed by atoms with Crippen LogP contribution >= 0.6 is 0 Å². The summed E-state index contributed by atoms with van der Waals surface area (Å²) in [5, 5.41) is 21.4. The Bertz CT molecular complexity index is 1490. The van der Waals surface area contributed by atoms with Gasteiger partial charge in [-0.05, 0) is 73.0 Å². The number of rotatable bonds is 8. The average molecular weight is 499 g/mol. The fraction of sp³-hybridized carbons (Fsp3) is 0.120. The van der Waals surface area contributed by atoms with Crippen LogP contribution in [-0.2, 0) is 0 Å². The summed E-state index contributed by atoms with van der Waals surface area (Å²) in [6, 6.07) is 17.3. The van der Waals surface area contributed by atoms with Crippen LogP contribution in [0.3, 0.4) is 0 Å². The van der Waals surface area contributed by atoms with Crippen LogP contribution in [-0.4, -0.2) is 32.9 Å². The number of nitrogens with one attached hydrogen (secondary N) is 3. The van der Waals surface area contributed by atoms with Crippen LogP contribution in [0.4, 0.5) is 34.9 Å². The van der Waals surface area contributed by atoms with Gasteiger partial charge in [0.05, 0.1) is 11.1 Å². The number of hydrazone groups is 1. The Kier molecular flexibility index (Phi) is 6.45. The van der Waals surface area contributed by atoms with E-state index in [0.29, 0.717) is 17.2 Å². The topological polar surface area (TPSA) is 149 Å². The standard InChI is InChI=1S/C25H22N8O4/c1-15-3-5-19(11-16(15)2)28-24-29-23(27-18-6-8-20(9-7-18)33(34)35)30-25(31-24)32-26-13-17-4-10-21-22(12-17)37-14-36-21/h3-13H,14H2,1-2H3,(H3,27,28,29,30,31,32)/b26-13+. The summed E-state index contributed by atoms with van der Waals surface area (Å²) in [7, 11) is 0. The van der Waals surface area contributed by atoms with Crippen molar-refractivity contribution in [1.82, 2.24) is 15.0 Å². The minimum absolute atomic E-state index is 0.0153. The second-order valence-electron chi connectivity index (χ2n) is 8.14. The number of benzene rings is 3. The SMILES string of the molecule is Cc1ccc(Nc2nc(N/N=C/c3ccc4c(c3)OCO4)nc(Nc3ccc([N+](=O)[O-])cc3)n2)cc1C. The van der Waals surface area contributed by atoms with Crippen LogP contribution in [0.2, 0.25) is 0 Å². The van der Waals surface area contributed by atoms with Crippen molar-refractivity contribution in [3.8, 4) is 11.5 Å². The predicted octanol–water partition coefficient (Wildman–Crippen LogP) is 5.06. The lowest BCUT2D eigenvalue weighted by molar-refractivity contribution is -0.384. The highest BCUT2D eigenvalue weighted by atomic mass is 16.7. The van der Waals surface area contributed by atoms with Gasteiger partial charge in [-0.3, -0.25) is 10.1 Å². The number of nitrogens with zero attached hydrogens (tertiary/aromatic N) is 5. The molecule has 0 saturated heterocycles. The van der Waals surface area contributed by atoms with E-state index in [2.05, 4.69) is 36.1 Å². The molecule has 0 fully saturated rings. The van der Waals surface area contributed by atoms with E-state index >= 15 is 0 Å². The van der Waals surface area contributed by atoms with Crippen LogP contribution in [0.25, 0.3) is 0 Å². The highest BCUT2D eigenvalue weighted by Gasteiger charge is 2.13. The number of nitro groups is 1. The zero-order valence-electron chi connectivity index (χ0n) is 19.9. The van der Waals surface area contributed by atoms with E-state index < -0.39 is 4.92 Å². The molecule has 4 aromatic rings. The first kappa shape index (κ1) is 23.5. The predicted molar refractivity (Wildman–Crippen MR) is 139 cm³/mol. The van der Waals surface area contributed by atoms with Crippen molar-refractivity contribution in [1.29, 1.82) is 0 Å². The number of hydrogen-bond donors (Lipinski definition) is 3. The number of aromatic nitrogens is 3. The van der Waals surface area contributed by atoms with E-state index in [1.54, 1.807) is 18.3 Å². The molecule has 37 heavy (non-hydrogen) atoms. The summed E-state index contributed by atoms with van der Waals surface area (Å²) in [5.74, 6) is 2.02. The first-order chi connectivity index (χ1) is 17.9. The first-order valence-electron chi connectivity index (χ1n) is 11.2. The lowest BCUT2D eigenvalue weighted by atomic mass is 10.1. The number of anilines is 5. The van der Waals surface area contributed by atoms with Crippen molar-refractivity contribution in [3.05, 3.63) is 87.5 Å². The van der Waals surface area contributed by atoms with Gasteiger partial charge >= 0.3 is 0 Å². The van der Waals surface area contributed by atoms with E-state index in [0.717, 1.165) is 16.8 Å². The van der Waals surface area contributed by atoms with Crippen molar-refractivity contribution in [3.63, 3.8) is 0 Å². The molecule has 0 radical (unpaired) electrons. The Morgan fingerprint density at radius 3 is 2.24 bits per heavy atom. The Morgan fingerprint density at radius 1 is 0.838 bits per heavy atom. The first-order valence-corrected chi connectivity index (χ1v) is 11.2. The minimum Gasteiger partial charge on any atom is -0.454 e. The Hall–Kier alpha value is -5.26. The Morgan fingerprint density at radius 2 is 1.51 bits per heavy atom. The van der Waals surface area contributed by atoms with Gasteiger partial charge in [-0.15, -0.1) is 0 Å². The van der Waals surface area contributed by atoms with Gasteiger partial charge in [-0.1, -0.05) is 6.07 Å². The summed E-state index contributed by atoms with van der Waals surface area (Å²) in [6.07, 6.45) is 1.60. The quantitative estimate of drug-likeness (QED) is 0.171. The van der Waals surface area contributed by atoms with Gasteiger partial charge < -0.3 is 20.1 Å². The van der Waals surface area contributed by atoms with Gasteiger partial charge in [-0.25, -0.2) is 5.43 Å². The van der Waals surface area contributed by atoms with Gasteiger partial charge in [0.25, 0.3) is 5.69 Å². The molecule has 3 N–H and O–H groups in total. The van der Waals surface area contributed by atoms with Crippen LogP contribution in [0.15, 0.2) is 65.8 Å². The Balaban J connectivity index is 1.39. The number of aryl methyl sites for hydroxylation is 2. The molecule has 0 amide bonds. The maximum absolute atomic E-state index is 10.9. The normalized spacial score (nSPS) is 11.9. The molecule has 1 aliphatic heterocycles. The molecule has 0 saturated carbocycles. The van der Waals surface area contributed by atoms with E-state index in [1.165, 1.54) is 17.7 Å². The number of ether oxygens (including phenoxy) is 2. The summed E-state index contributed by atoms with van der Waals surface area (Å²) < 4.78 is 10.7. The largest absolute Gasteiger partial charge is 0.454 e. The zero-order valence-corrected chi connectivity index (χ0v) is 19.9. The molecule has 12 heteroatoms. The third kappa shape index (κ3) is 5.70. The number of hydrogen-bond acceptors (Lipinski definition) is 11. The maximum atomic E-state index is 10.9. The summed E-state index contributed by atoms with van der Waals surface area (Å²) in [5.41, 5.74) is 7.28. The summed E-state index contributed by atoms with van der Waals surface area (Å²) in [6.45, 7) is 4.25. The molecule has 0 bridgehead atoms. The van der Waals surface area contributed by atoms with E-state index in [-0.39, 0.29) is 30.3 Å². The monoisotopic (exact) mass is 498 g/mol. The van der Waals surface area contributed by atoms with Crippen LogP contribution in [0.1, 0.15) is 16.7 Å². The average Bonchev–Trinajstić information content (AvgIpc) is 3.35. The lowest BCUT2D eigenvalue weighted by Gasteiger charge is -2.11. The van der Waals surface area contributed by atoms with Crippen molar-refractivity contribution in [2.24, 2.45) is 5.10 Å². The van der Waals surface area contributed by atoms with Gasteiger partial charge in [0.15, 0.2) is 11.5 Å².